The molecule has 0 N–H and O–H groups in total. The van der Waals surface area contributed by atoms with E-state index in [1.807, 2.05) is 60.0 Å². The Balaban J connectivity index is 1.51. The number of rotatable bonds is 9. The highest BCUT2D eigenvalue weighted by atomic mass is 35.5. The normalized spacial score (nSPS) is 11.9. The lowest BCUT2D eigenvalue weighted by Crippen LogP contribution is -2.11. The molecule has 0 radical (unpaired) electrons. The average molecular weight is 515 g/mol. The minimum absolute atomic E-state index is 0.255. The van der Waals surface area contributed by atoms with Gasteiger partial charge in [-0.15, -0.1) is 10.2 Å². The number of aryl methyl sites for hydroxylation is 1. The summed E-state index contributed by atoms with van der Waals surface area (Å²) in [7, 11) is 0. The van der Waals surface area contributed by atoms with Gasteiger partial charge in [0, 0.05) is 10.6 Å². The minimum atomic E-state index is -0.454. The first kappa shape index (κ1) is 24.1. The molecule has 7 nitrogen and oxygen atoms in total. The van der Waals surface area contributed by atoms with E-state index in [1.165, 1.54) is 11.8 Å². The topological polar surface area (TPSA) is 83.1 Å². The lowest BCUT2D eigenvalue weighted by Gasteiger charge is -2.15. The van der Waals surface area contributed by atoms with E-state index in [9.17, 15) is 10.1 Å². The second kappa shape index (κ2) is 10.9. The molecular weight excluding hydrogens is 495 g/mol. The smallest absolute Gasteiger partial charge is 0.220 e. The summed E-state index contributed by atoms with van der Waals surface area (Å²) in [5.74, 6) is 1.35. The maximum absolute atomic E-state index is 11.4. The van der Waals surface area contributed by atoms with Crippen LogP contribution in [0.15, 0.2) is 78.0 Å². The highest BCUT2D eigenvalue weighted by Gasteiger charge is 2.23. The van der Waals surface area contributed by atoms with E-state index in [1.54, 1.807) is 24.3 Å². The quantitative estimate of drug-likeness (QED) is 0.142. The molecule has 1 atom stereocenters. The number of hydrogen-bond acceptors (Lipinski definition) is 6. The molecule has 1 aromatic heterocycles. The number of benzene rings is 3. The predicted octanol–water partition coefficient (Wildman–Crippen LogP) is 6.57. The maximum atomic E-state index is 11.4. The predicted molar refractivity (Wildman–Crippen MR) is 134 cm³/mol. The van der Waals surface area contributed by atoms with Crippen molar-refractivity contribution in [1.29, 1.82) is 0 Å². The summed E-state index contributed by atoms with van der Waals surface area (Å²) < 4.78 is 7.73. The lowest BCUT2D eigenvalue weighted by atomic mass is 10.1. The number of halogens is 2. The van der Waals surface area contributed by atoms with Gasteiger partial charge in [0.25, 0.3) is 0 Å². The zero-order valence-corrected chi connectivity index (χ0v) is 20.4. The van der Waals surface area contributed by atoms with Gasteiger partial charge in [-0.2, -0.15) is 0 Å². The first-order valence-electron chi connectivity index (χ1n) is 10.3. The highest BCUT2D eigenvalue weighted by Crippen LogP contribution is 2.36. The van der Waals surface area contributed by atoms with E-state index < -0.39 is 5.25 Å². The van der Waals surface area contributed by atoms with E-state index in [2.05, 4.69) is 10.2 Å². The highest BCUT2D eigenvalue weighted by molar-refractivity contribution is 7.99. The van der Waals surface area contributed by atoms with Crippen LogP contribution in [0.3, 0.4) is 0 Å². The first-order valence-corrected chi connectivity index (χ1v) is 12.0. The van der Waals surface area contributed by atoms with Crippen LogP contribution in [0.2, 0.25) is 10.0 Å². The fourth-order valence-corrected chi connectivity index (χ4v) is 4.84. The molecule has 4 rings (SSSR count). The van der Waals surface area contributed by atoms with E-state index in [0.717, 1.165) is 16.8 Å². The minimum Gasteiger partial charge on any atom is -0.489 e. The van der Waals surface area contributed by atoms with E-state index >= 15 is 0 Å². The first-order chi connectivity index (χ1) is 16.4. The van der Waals surface area contributed by atoms with Crippen molar-refractivity contribution in [2.24, 2.45) is 0 Å². The van der Waals surface area contributed by atoms with Crippen molar-refractivity contribution in [3.8, 4) is 11.4 Å². The van der Waals surface area contributed by atoms with Crippen molar-refractivity contribution < 1.29 is 9.66 Å². The molecule has 0 spiro atoms. The van der Waals surface area contributed by atoms with Gasteiger partial charge in [0.05, 0.1) is 10.0 Å². The molecule has 0 aliphatic heterocycles. The van der Waals surface area contributed by atoms with Crippen molar-refractivity contribution in [1.82, 2.24) is 14.8 Å². The van der Waals surface area contributed by atoms with Crippen LogP contribution in [-0.2, 0) is 6.61 Å². The van der Waals surface area contributed by atoms with Gasteiger partial charge < -0.3 is 4.74 Å². The summed E-state index contributed by atoms with van der Waals surface area (Å²) in [4.78, 5) is 11.1. The Kier molecular flexibility index (Phi) is 7.72. The molecule has 10 heteroatoms. The third-order valence-corrected chi connectivity index (χ3v) is 6.93. The number of ether oxygens (including phenoxy) is 1. The van der Waals surface area contributed by atoms with Crippen LogP contribution in [0.5, 0.6) is 5.75 Å². The van der Waals surface area contributed by atoms with Gasteiger partial charge in [0.2, 0.25) is 6.54 Å². The maximum Gasteiger partial charge on any atom is 0.220 e. The summed E-state index contributed by atoms with van der Waals surface area (Å²) in [6, 6.07) is 22.3. The van der Waals surface area contributed by atoms with Crippen LogP contribution in [-0.4, -0.2) is 26.2 Å². The Labute approximate surface area is 210 Å². The monoisotopic (exact) mass is 514 g/mol. The number of para-hydroxylation sites is 1. The fourth-order valence-electron chi connectivity index (χ4n) is 3.34. The van der Waals surface area contributed by atoms with Crippen LogP contribution >= 0.6 is 35.0 Å². The summed E-state index contributed by atoms with van der Waals surface area (Å²) in [6.45, 7) is 1.92. The summed E-state index contributed by atoms with van der Waals surface area (Å²) >= 11 is 13.3. The molecule has 0 amide bonds. The van der Waals surface area contributed by atoms with Crippen molar-refractivity contribution in [2.45, 2.75) is 23.9 Å². The van der Waals surface area contributed by atoms with Gasteiger partial charge in [-0.05, 0) is 54.4 Å². The SMILES string of the molecule is Cc1nnc(S[C@@H](C[N+](=O)[O-])c2ccc(OCc3ccc(Cl)c(Cl)c3)cc2)n1-c1ccccc1. The molecule has 0 saturated heterocycles. The van der Waals surface area contributed by atoms with Gasteiger partial charge in [-0.3, -0.25) is 14.7 Å². The Morgan fingerprint density at radius 1 is 1.03 bits per heavy atom. The zero-order valence-electron chi connectivity index (χ0n) is 18.1. The molecule has 0 saturated carbocycles. The average Bonchev–Trinajstić information content (AvgIpc) is 3.20. The molecule has 174 valence electrons. The van der Waals surface area contributed by atoms with Crippen LogP contribution in [0, 0.1) is 17.0 Å². The molecule has 0 aliphatic carbocycles. The van der Waals surface area contributed by atoms with Gasteiger partial charge in [0.1, 0.15) is 23.4 Å². The Bertz CT molecular complexity index is 1280. The van der Waals surface area contributed by atoms with E-state index in [-0.39, 0.29) is 11.5 Å². The molecule has 4 aromatic rings. The number of aromatic nitrogens is 3. The molecule has 34 heavy (non-hydrogen) atoms. The van der Waals surface area contributed by atoms with Gasteiger partial charge in [-0.25, -0.2) is 0 Å². The summed E-state index contributed by atoms with van der Waals surface area (Å²) in [5, 5.41) is 21.0. The Hall–Kier alpha value is -3.07. The largest absolute Gasteiger partial charge is 0.489 e. The Morgan fingerprint density at radius 3 is 2.44 bits per heavy atom. The summed E-state index contributed by atoms with van der Waals surface area (Å²) in [6.07, 6.45) is 0. The van der Waals surface area contributed by atoms with Crippen molar-refractivity contribution in [3.63, 3.8) is 0 Å². The second-order valence-electron chi connectivity index (χ2n) is 7.43. The molecule has 1 heterocycles. The molecule has 0 aliphatic rings. The van der Waals surface area contributed by atoms with Gasteiger partial charge in [0.15, 0.2) is 5.16 Å². The third kappa shape index (κ3) is 5.88. The van der Waals surface area contributed by atoms with Crippen LogP contribution < -0.4 is 4.74 Å². The molecule has 0 unspecified atom stereocenters. The molecular formula is C24H20Cl2N4O3S. The van der Waals surface area contributed by atoms with Crippen molar-refractivity contribution in [2.75, 3.05) is 6.54 Å². The number of hydrogen-bond donors (Lipinski definition) is 0. The van der Waals surface area contributed by atoms with Crippen LogP contribution in [0.4, 0.5) is 0 Å². The molecule has 0 fully saturated rings. The molecule has 0 bridgehead atoms. The molecule has 3 aromatic carbocycles. The van der Waals surface area contributed by atoms with Crippen molar-refractivity contribution in [3.05, 3.63) is 110 Å². The standard InChI is InChI=1S/C24H20Cl2N4O3S/c1-16-27-28-24(30(16)19-5-3-2-4-6-19)34-23(14-29(31)32)18-8-10-20(11-9-18)33-15-17-7-12-21(25)22(26)13-17/h2-13,23H,14-15H2,1H3/t23-/m0/s1. The Morgan fingerprint density at radius 2 is 1.76 bits per heavy atom. The number of nitrogens with zero attached hydrogens (tertiary/aromatic N) is 4. The second-order valence-corrected chi connectivity index (χ2v) is 9.41. The van der Waals surface area contributed by atoms with Crippen LogP contribution in [0.25, 0.3) is 5.69 Å². The van der Waals surface area contributed by atoms with Gasteiger partial charge in [-0.1, -0.05) is 71.4 Å². The fraction of sp³-hybridized carbons (Fsp3) is 0.167. The van der Waals surface area contributed by atoms with Crippen LogP contribution in [0.1, 0.15) is 22.2 Å². The van der Waals surface area contributed by atoms with Crippen molar-refractivity contribution >= 4 is 35.0 Å². The summed E-state index contributed by atoms with van der Waals surface area (Å²) in [5.41, 5.74) is 2.58. The zero-order chi connectivity index (χ0) is 24.1. The van der Waals surface area contributed by atoms with E-state index in [0.29, 0.717) is 33.4 Å². The third-order valence-electron chi connectivity index (χ3n) is 5.01. The van der Waals surface area contributed by atoms with E-state index in [4.69, 9.17) is 27.9 Å². The lowest BCUT2D eigenvalue weighted by molar-refractivity contribution is -0.479. The number of nitro groups is 1. The number of thioether (sulfide) groups is 1. The van der Waals surface area contributed by atoms with Gasteiger partial charge >= 0.3 is 0 Å².